The minimum absolute atomic E-state index is 0.419. The first-order valence-electron chi connectivity index (χ1n) is 7.06. The molecule has 23 heavy (non-hydrogen) atoms. The summed E-state index contributed by atoms with van der Waals surface area (Å²) in [6.45, 7) is 0.842. The maximum absolute atomic E-state index is 8.74. The van der Waals surface area contributed by atoms with Crippen molar-refractivity contribution in [2.45, 2.75) is 0 Å². The van der Waals surface area contributed by atoms with Crippen molar-refractivity contribution < 1.29 is 9.47 Å². The van der Waals surface area contributed by atoms with E-state index in [-0.39, 0.29) is 0 Å². The predicted molar refractivity (Wildman–Crippen MR) is 83.5 cm³/mol. The number of ether oxygens (including phenoxy) is 2. The van der Waals surface area contributed by atoms with Gasteiger partial charge in [-0.15, -0.1) is 10.2 Å². The Balaban J connectivity index is 1.51. The van der Waals surface area contributed by atoms with E-state index in [2.05, 4.69) is 16.3 Å². The number of hydrogen-bond donors (Lipinski definition) is 0. The van der Waals surface area contributed by atoms with Crippen molar-refractivity contribution in [1.29, 1.82) is 5.26 Å². The van der Waals surface area contributed by atoms with Crippen molar-refractivity contribution in [3.8, 4) is 23.3 Å². The van der Waals surface area contributed by atoms with Crippen molar-refractivity contribution >= 4 is 0 Å². The van der Waals surface area contributed by atoms with Crippen LogP contribution in [0.5, 0.6) is 11.5 Å². The number of rotatable bonds is 6. The Labute approximate surface area is 133 Å². The Morgan fingerprint density at radius 1 is 0.913 bits per heavy atom. The van der Waals surface area contributed by atoms with E-state index in [0.717, 1.165) is 11.4 Å². The van der Waals surface area contributed by atoms with Gasteiger partial charge >= 0.3 is 0 Å². The third-order valence-corrected chi connectivity index (χ3v) is 3.14. The molecule has 6 heteroatoms. The number of benzene rings is 2. The SMILES string of the molecule is N#Cc1ccc(OCCOc2cccc(-n3cnnc3)c2)cc1. The van der Waals surface area contributed by atoms with Crippen LogP contribution in [0, 0.1) is 11.3 Å². The lowest BCUT2D eigenvalue weighted by atomic mass is 10.2. The summed E-state index contributed by atoms with van der Waals surface area (Å²) in [7, 11) is 0. The van der Waals surface area contributed by atoms with Crippen LogP contribution in [0.4, 0.5) is 0 Å². The van der Waals surface area contributed by atoms with Crippen LogP contribution in [0.2, 0.25) is 0 Å². The summed E-state index contributed by atoms with van der Waals surface area (Å²) in [6.07, 6.45) is 3.26. The predicted octanol–water partition coefficient (Wildman–Crippen LogP) is 2.60. The van der Waals surface area contributed by atoms with Gasteiger partial charge < -0.3 is 9.47 Å². The zero-order chi connectivity index (χ0) is 15.9. The second-order valence-corrected chi connectivity index (χ2v) is 4.70. The molecule has 114 valence electrons. The molecule has 1 aromatic heterocycles. The first-order chi connectivity index (χ1) is 11.3. The van der Waals surface area contributed by atoms with Crippen LogP contribution >= 0.6 is 0 Å². The van der Waals surface area contributed by atoms with E-state index in [4.69, 9.17) is 14.7 Å². The van der Waals surface area contributed by atoms with Gasteiger partial charge in [0.25, 0.3) is 0 Å². The summed E-state index contributed by atoms with van der Waals surface area (Å²) >= 11 is 0. The molecule has 0 aliphatic carbocycles. The maximum atomic E-state index is 8.74. The van der Waals surface area contributed by atoms with Gasteiger partial charge in [-0.25, -0.2) is 0 Å². The standard InChI is InChI=1S/C17H14N4O2/c18-11-14-4-6-16(7-5-14)22-8-9-23-17-3-1-2-15(10-17)21-12-19-20-13-21/h1-7,10,12-13H,8-9H2. The zero-order valence-electron chi connectivity index (χ0n) is 12.3. The highest BCUT2D eigenvalue weighted by Crippen LogP contribution is 2.16. The van der Waals surface area contributed by atoms with Crippen molar-refractivity contribution in [1.82, 2.24) is 14.8 Å². The maximum Gasteiger partial charge on any atom is 0.123 e. The first-order valence-corrected chi connectivity index (χ1v) is 7.06. The molecule has 0 unspecified atom stereocenters. The summed E-state index contributed by atoms with van der Waals surface area (Å²) in [4.78, 5) is 0. The molecule has 0 atom stereocenters. The van der Waals surface area contributed by atoms with E-state index >= 15 is 0 Å². The fourth-order valence-electron chi connectivity index (χ4n) is 2.01. The van der Waals surface area contributed by atoms with Gasteiger partial charge in [-0.05, 0) is 36.4 Å². The molecule has 1 heterocycles. The summed E-state index contributed by atoms with van der Waals surface area (Å²) in [5.41, 5.74) is 1.54. The molecular formula is C17H14N4O2. The molecule has 0 bridgehead atoms. The average Bonchev–Trinajstić information content (AvgIpc) is 3.14. The molecule has 0 saturated carbocycles. The molecule has 0 fully saturated rings. The first kappa shape index (κ1) is 14.6. The van der Waals surface area contributed by atoms with Gasteiger partial charge in [-0.1, -0.05) is 6.07 Å². The van der Waals surface area contributed by atoms with Crippen LogP contribution in [0.3, 0.4) is 0 Å². The normalized spacial score (nSPS) is 10.0. The molecule has 0 N–H and O–H groups in total. The third kappa shape index (κ3) is 3.86. The Kier molecular flexibility index (Phi) is 4.50. The Bertz CT molecular complexity index is 792. The third-order valence-electron chi connectivity index (χ3n) is 3.14. The van der Waals surface area contributed by atoms with E-state index < -0.39 is 0 Å². The number of nitriles is 1. The minimum Gasteiger partial charge on any atom is -0.490 e. The molecule has 0 radical (unpaired) electrons. The lowest BCUT2D eigenvalue weighted by Crippen LogP contribution is -2.09. The van der Waals surface area contributed by atoms with Gasteiger partial charge in [-0.2, -0.15) is 5.26 Å². The van der Waals surface area contributed by atoms with Gasteiger partial charge in [-0.3, -0.25) is 4.57 Å². The molecule has 3 aromatic rings. The largest absolute Gasteiger partial charge is 0.490 e. The Hall–Kier alpha value is -3.33. The monoisotopic (exact) mass is 306 g/mol. The van der Waals surface area contributed by atoms with E-state index in [0.29, 0.717) is 24.5 Å². The van der Waals surface area contributed by atoms with Crippen molar-refractivity contribution in [2.24, 2.45) is 0 Å². The second-order valence-electron chi connectivity index (χ2n) is 4.70. The van der Waals surface area contributed by atoms with Crippen LogP contribution in [-0.2, 0) is 0 Å². The highest BCUT2D eigenvalue weighted by Gasteiger charge is 2.00. The fraction of sp³-hybridized carbons (Fsp3) is 0.118. The molecule has 0 aliphatic rings. The Morgan fingerprint density at radius 3 is 2.30 bits per heavy atom. The summed E-state index contributed by atoms with van der Waals surface area (Å²) in [5.74, 6) is 1.46. The molecule has 6 nitrogen and oxygen atoms in total. The van der Waals surface area contributed by atoms with Gasteiger partial charge in [0.05, 0.1) is 17.3 Å². The fourth-order valence-corrected chi connectivity index (χ4v) is 2.01. The molecule has 3 rings (SSSR count). The number of hydrogen-bond acceptors (Lipinski definition) is 5. The van der Waals surface area contributed by atoms with Crippen LogP contribution in [0.25, 0.3) is 5.69 Å². The van der Waals surface area contributed by atoms with Crippen LogP contribution in [0.15, 0.2) is 61.2 Å². The topological polar surface area (TPSA) is 73.0 Å². The average molecular weight is 306 g/mol. The second kappa shape index (κ2) is 7.09. The lowest BCUT2D eigenvalue weighted by molar-refractivity contribution is 0.217. The van der Waals surface area contributed by atoms with Crippen LogP contribution in [-0.4, -0.2) is 28.0 Å². The van der Waals surface area contributed by atoms with Gasteiger partial charge in [0.1, 0.15) is 37.4 Å². The lowest BCUT2D eigenvalue weighted by Gasteiger charge is -2.09. The van der Waals surface area contributed by atoms with Gasteiger partial charge in [0.2, 0.25) is 0 Å². The van der Waals surface area contributed by atoms with E-state index in [1.165, 1.54) is 0 Å². The zero-order valence-corrected chi connectivity index (χ0v) is 12.3. The van der Waals surface area contributed by atoms with E-state index in [1.54, 1.807) is 41.5 Å². The molecule has 2 aromatic carbocycles. The number of aromatic nitrogens is 3. The van der Waals surface area contributed by atoms with Crippen LogP contribution < -0.4 is 9.47 Å². The Morgan fingerprint density at radius 2 is 1.61 bits per heavy atom. The van der Waals surface area contributed by atoms with Gasteiger partial charge in [0, 0.05) is 6.07 Å². The summed E-state index contributed by atoms with van der Waals surface area (Å²) in [6, 6.07) is 16.7. The summed E-state index contributed by atoms with van der Waals surface area (Å²) in [5, 5.41) is 16.3. The molecular weight excluding hydrogens is 292 g/mol. The molecule has 0 spiro atoms. The smallest absolute Gasteiger partial charge is 0.123 e. The molecule has 0 saturated heterocycles. The number of nitrogens with zero attached hydrogens (tertiary/aromatic N) is 4. The minimum atomic E-state index is 0.419. The summed E-state index contributed by atoms with van der Waals surface area (Å²) < 4.78 is 13.1. The van der Waals surface area contributed by atoms with Crippen molar-refractivity contribution in [2.75, 3.05) is 13.2 Å². The van der Waals surface area contributed by atoms with Gasteiger partial charge in [0.15, 0.2) is 0 Å². The van der Waals surface area contributed by atoms with Crippen molar-refractivity contribution in [3.05, 3.63) is 66.7 Å². The van der Waals surface area contributed by atoms with Crippen LogP contribution in [0.1, 0.15) is 5.56 Å². The highest BCUT2D eigenvalue weighted by molar-refractivity contribution is 5.38. The quantitative estimate of drug-likeness (QED) is 0.654. The molecule has 0 amide bonds. The van der Waals surface area contributed by atoms with Crippen molar-refractivity contribution in [3.63, 3.8) is 0 Å². The highest BCUT2D eigenvalue weighted by atomic mass is 16.5. The van der Waals surface area contributed by atoms with E-state index in [1.807, 2.05) is 24.3 Å². The van der Waals surface area contributed by atoms with E-state index in [9.17, 15) is 0 Å². The molecule has 0 aliphatic heterocycles.